The number of rotatable bonds is 14. The van der Waals surface area contributed by atoms with E-state index in [1.165, 1.54) is 6.92 Å². The van der Waals surface area contributed by atoms with E-state index in [1.54, 1.807) is 7.05 Å². The van der Waals surface area contributed by atoms with Gasteiger partial charge in [-0.2, -0.15) is 0 Å². The molecule has 2 atom stereocenters. The van der Waals surface area contributed by atoms with Crippen molar-refractivity contribution in [3.8, 4) is 0 Å². The lowest BCUT2D eigenvalue weighted by Crippen LogP contribution is -2.50. The Labute approximate surface area is 205 Å². The predicted octanol–water partition coefficient (Wildman–Crippen LogP) is 0.985. The van der Waals surface area contributed by atoms with Crippen molar-refractivity contribution in [1.29, 1.82) is 0 Å². The molecular formula is C23H38N4O6S. The Hall–Kier alpha value is -2.43. The summed E-state index contributed by atoms with van der Waals surface area (Å²) in [6, 6.07) is -0.935. The molecule has 0 bridgehead atoms. The van der Waals surface area contributed by atoms with Crippen LogP contribution in [0.15, 0.2) is 0 Å². The minimum Gasteiger partial charge on any atom is -0.359 e. The van der Waals surface area contributed by atoms with Gasteiger partial charge in [-0.3, -0.25) is 33.7 Å². The molecule has 1 rings (SSSR count). The fourth-order valence-electron chi connectivity index (χ4n) is 3.61. The van der Waals surface area contributed by atoms with Crippen LogP contribution in [-0.4, -0.2) is 71.5 Å². The lowest BCUT2D eigenvalue weighted by Gasteiger charge is -2.25. The van der Waals surface area contributed by atoms with E-state index in [9.17, 15) is 28.8 Å². The third kappa shape index (κ3) is 10.7. The highest BCUT2D eigenvalue weighted by molar-refractivity contribution is 8.13. The molecular weight excluding hydrogens is 460 g/mol. The molecule has 0 saturated carbocycles. The monoisotopic (exact) mass is 498 g/mol. The number of hydrogen-bond acceptors (Lipinski definition) is 7. The van der Waals surface area contributed by atoms with Crippen LogP contribution in [0.4, 0.5) is 0 Å². The largest absolute Gasteiger partial charge is 0.359 e. The standard InChI is InChI=1S/C23H38N4O6S/c1-15(12-18(29)26-14-23(3,4)13-19(30)24-5)8-10-25-22(33)17(9-11-34-16(2)28)27-20(31)6-7-21(27)32/h15,17H,6-14H2,1-5H3,(H,24,30)(H,25,33)(H,26,29). The highest BCUT2D eigenvalue weighted by atomic mass is 32.2. The Kier molecular flexibility index (Phi) is 12.3. The molecule has 10 nitrogen and oxygen atoms in total. The van der Waals surface area contributed by atoms with Gasteiger partial charge in [0.15, 0.2) is 5.12 Å². The number of nitrogens with zero attached hydrogens (tertiary/aromatic N) is 1. The molecule has 0 aromatic heterocycles. The summed E-state index contributed by atoms with van der Waals surface area (Å²) < 4.78 is 0. The van der Waals surface area contributed by atoms with Gasteiger partial charge in [0.2, 0.25) is 29.5 Å². The summed E-state index contributed by atoms with van der Waals surface area (Å²) in [6.07, 6.45) is 1.51. The zero-order valence-electron chi connectivity index (χ0n) is 20.8. The van der Waals surface area contributed by atoms with Gasteiger partial charge in [0.05, 0.1) is 0 Å². The maximum atomic E-state index is 12.8. The van der Waals surface area contributed by atoms with E-state index < -0.39 is 11.9 Å². The van der Waals surface area contributed by atoms with Crippen molar-refractivity contribution < 1.29 is 28.8 Å². The Bertz CT molecular complexity index is 769. The third-order valence-corrected chi connectivity index (χ3v) is 6.40. The zero-order chi connectivity index (χ0) is 25.9. The van der Waals surface area contributed by atoms with Crippen molar-refractivity contribution in [2.45, 2.75) is 72.3 Å². The molecule has 0 radical (unpaired) electrons. The lowest BCUT2D eigenvalue weighted by atomic mass is 9.88. The molecule has 1 fully saturated rings. The van der Waals surface area contributed by atoms with Crippen molar-refractivity contribution >= 4 is 46.4 Å². The van der Waals surface area contributed by atoms with Crippen molar-refractivity contribution in [2.24, 2.45) is 11.3 Å². The molecule has 5 amide bonds. The smallest absolute Gasteiger partial charge is 0.243 e. The summed E-state index contributed by atoms with van der Waals surface area (Å²) >= 11 is 1.05. The maximum absolute atomic E-state index is 12.8. The molecule has 11 heteroatoms. The summed E-state index contributed by atoms with van der Waals surface area (Å²) in [5.41, 5.74) is -0.368. The lowest BCUT2D eigenvalue weighted by molar-refractivity contribution is -0.146. The summed E-state index contributed by atoms with van der Waals surface area (Å²) in [4.78, 5) is 73.1. The van der Waals surface area contributed by atoms with Gasteiger partial charge in [0.25, 0.3) is 0 Å². The van der Waals surface area contributed by atoms with Crippen LogP contribution in [-0.2, 0) is 28.8 Å². The van der Waals surface area contributed by atoms with E-state index in [2.05, 4.69) is 16.0 Å². The second-order valence-electron chi connectivity index (χ2n) is 9.48. The van der Waals surface area contributed by atoms with Gasteiger partial charge in [-0.05, 0) is 24.2 Å². The molecule has 1 aliphatic rings. The number of imide groups is 1. The van der Waals surface area contributed by atoms with E-state index in [-0.39, 0.29) is 65.8 Å². The molecule has 1 heterocycles. The molecule has 0 aromatic carbocycles. The minimum absolute atomic E-state index is 0.0101. The van der Waals surface area contributed by atoms with Crippen LogP contribution >= 0.6 is 11.8 Å². The number of nitrogens with one attached hydrogen (secondary N) is 3. The highest BCUT2D eigenvalue weighted by Gasteiger charge is 2.38. The SMILES string of the molecule is CNC(=O)CC(C)(C)CNC(=O)CC(C)CCNC(=O)C(CCSC(C)=O)N1C(=O)CCC1=O. The number of hydrogen-bond donors (Lipinski definition) is 3. The van der Waals surface area contributed by atoms with E-state index in [0.717, 1.165) is 16.7 Å². The molecule has 0 aromatic rings. The minimum atomic E-state index is -0.935. The number of amides is 5. The first-order chi connectivity index (χ1) is 15.9. The van der Waals surface area contributed by atoms with Crippen molar-refractivity contribution in [1.82, 2.24) is 20.9 Å². The zero-order valence-corrected chi connectivity index (χ0v) is 21.6. The fourth-order valence-corrected chi connectivity index (χ4v) is 4.24. The third-order valence-electron chi connectivity index (χ3n) is 5.55. The van der Waals surface area contributed by atoms with Crippen LogP contribution in [0, 0.1) is 11.3 Å². The fraction of sp³-hybridized carbons (Fsp3) is 0.739. The molecule has 0 spiro atoms. The average Bonchev–Trinajstić information content (AvgIpc) is 3.07. The van der Waals surface area contributed by atoms with E-state index in [4.69, 9.17) is 0 Å². The Morgan fingerprint density at radius 3 is 2.21 bits per heavy atom. The first kappa shape index (κ1) is 29.6. The molecule has 3 N–H and O–H groups in total. The van der Waals surface area contributed by atoms with Gasteiger partial charge in [-0.1, -0.05) is 32.5 Å². The van der Waals surface area contributed by atoms with Crippen LogP contribution < -0.4 is 16.0 Å². The second-order valence-corrected chi connectivity index (χ2v) is 10.8. The van der Waals surface area contributed by atoms with Crippen LogP contribution in [0.25, 0.3) is 0 Å². The molecule has 2 unspecified atom stereocenters. The Balaban J connectivity index is 2.49. The number of carbonyl (C=O) groups excluding carboxylic acids is 6. The van der Waals surface area contributed by atoms with Gasteiger partial charge < -0.3 is 16.0 Å². The Morgan fingerprint density at radius 2 is 1.65 bits per heavy atom. The highest BCUT2D eigenvalue weighted by Crippen LogP contribution is 2.20. The summed E-state index contributed by atoms with van der Waals surface area (Å²) in [6.45, 7) is 7.80. The van der Waals surface area contributed by atoms with Gasteiger partial charge in [0.1, 0.15) is 6.04 Å². The van der Waals surface area contributed by atoms with Crippen LogP contribution in [0.2, 0.25) is 0 Å². The van der Waals surface area contributed by atoms with Gasteiger partial charge in [-0.15, -0.1) is 0 Å². The number of carbonyl (C=O) groups is 6. The van der Waals surface area contributed by atoms with Crippen molar-refractivity contribution in [2.75, 3.05) is 25.9 Å². The normalized spacial score (nSPS) is 15.6. The summed E-state index contributed by atoms with van der Waals surface area (Å²) in [5.74, 6) is -1.07. The number of thioether (sulfide) groups is 1. The maximum Gasteiger partial charge on any atom is 0.243 e. The first-order valence-electron chi connectivity index (χ1n) is 11.6. The topological polar surface area (TPSA) is 142 Å². The quantitative estimate of drug-likeness (QED) is 0.303. The molecule has 1 aliphatic heterocycles. The summed E-state index contributed by atoms with van der Waals surface area (Å²) in [7, 11) is 1.58. The van der Waals surface area contributed by atoms with Gasteiger partial charge >= 0.3 is 0 Å². The van der Waals surface area contributed by atoms with Crippen LogP contribution in [0.3, 0.4) is 0 Å². The van der Waals surface area contributed by atoms with Crippen LogP contribution in [0.5, 0.6) is 0 Å². The average molecular weight is 499 g/mol. The Morgan fingerprint density at radius 1 is 1.03 bits per heavy atom. The molecule has 34 heavy (non-hydrogen) atoms. The predicted molar refractivity (Wildman–Crippen MR) is 130 cm³/mol. The van der Waals surface area contributed by atoms with Crippen LogP contribution in [0.1, 0.15) is 66.2 Å². The van der Waals surface area contributed by atoms with E-state index in [0.29, 0.717) is 31.7 Å². The summed E-state index contributed by atoms with van der Waals surface area (Å²) in [5, 5.41) is 8.12. The molecule has 0 aliphatic carbocycles. The van der Waals surface area contributed by atoms with Gasteiger partial charge in [0, 0.05) is 58.5 Å². The van der Waals surface area contributed by atoms with Crippen molar-refractivity contribution in [3.63, 3.8) is 0 Å². The van der Waals surface area contributed by atoms with Crippen molar-refractivity contribution in [3.05, 3.63) is 0 Å². The first-order valence-corrected chi connectivity index (χ1v) is 12.6. The molecule has 192 valence electrons. The number of likely N-dealkylation sites (tertiary alicyclic amines) is 1. The molecule has 1 saturated heterocycles. The second kappa shape index (κ2) is 14.1. The van der Waals surface area contributed by atoms with E-state index in [1.807, 2.05) is 20.8 Å². The van der Waals surface area contributed by atoms with E-state index >= 15 is 0 Å². The van der Waals surface area contributed by atoms with Gasteiger partial charge in [-0.25, -0.2) is 0 Å².